The van der Waals surface area contributed by atoms with Crippen LogP contribution in [-0.4, -0.2) is 185 Å². The van der Waals surface area contributed by atoms with Crippen LogP contribution in [0.15, 0.2) is 60.8 Å². The number of aromatic amines is 1. The largest absolute Gasteiger partial charge is 0.370 e. The zero-order valence-electron chi connectivity index (χ0n) is 48.6. The molecule has 2 aliphatic heterocycles. The van der Waals surface area contributed by atoms with Gasteiger partial charge in [-0.05, 0) is 100 Å². The van der Waals surface area contributed by atoms with E-state index in [9.17, 15) is 52.7 Å². The summed E-state index contributed by atoms with van der Waals surface area (Å²) in [5, 5.41) is 32.5. The Hall–Kier alpha value is -7.92. The number of guanidine groups is 1. The molecule has 0 radical (unpaired) electrons. The summed E-state index contributed by atoms with van der Waals surface area (Å²) in [5.41, 5.74) is 18.6. The Morgan fingerprint density at radius 2 is 1.17 bits per heavy atom. The number of para-hydroxylation sites is 1. The van der Waals surface area contributed by atoms with E-state index >= 15 is 0 Å². The highest BCUT2D eigenvalue weighted by Crippen LogP contribution is 2.27. The quantitative estimate of drug-likeness (QED) is 0.0133. The van der Waals surface area contributed by atoms with Crippen molar-refractivity contribution < 1.29 is 52.7 Å². The first-order valence-electron chi connectivity index (χ1n) is 29.0. The molecular formula is C57H84N16O11S2. The molecule has 2 aliphatic rings. The van der Waals surface area contributed by atoms with Crippen molar-refractivity contribution in [1.29, 1.82) is 5.41 Å². The summed E-state index contributed by atoms with van der Waals surface area (Å²) in [4.78, 5) is 158. The summed E-state index contributed by atoms with van der Waals surface area (Å²) in [6, 6.07) is 4.94. The van der Waals surface area contributed by atoms with Crippen LogP contribution >= 0.6 is 25.3 Å². The van der Waals surface area contributed by atoms with Gasteiger partial charge in [-0.2, -0.15) is 25.3 Å². The Balaban J connectivity index is 1.41. The number of nitrogens with zero attached hydrogens (tertiary/aromatic N) is 2. The Kier molecular flexibility index (Phi) is 27.9. The van der Waals surface area contributed by atoms with Crippen LogP contribution in [0.3, 0.4) is 0 Å². The predicted octanol–water partition coefficient (Wildman–Crippen LogP) is -2.00. The smallest absolute Gasteiger partial charge is 0.246 e. The number of rotatable bonds is 34. The third-order valence-corrected chi connectivity index (χ3v) is 15.6. The minimum Gasteiger partial charge on any atom is -0.370 e. The molecule has 1 aromatic heterocycles. The minimum absolute atomic E-state index is 0.0808. The van der Waals surface area contributed by atoms with E-state index in [1.54, 1.807) is 42.6 Å². The number of H-pyrrole nitrogens is 1. The number of unbranched alkanes of at least 4 members (excludes halogenated alkanes) is 1. The molecule has 470 valence electrons. The topological polar surface area (TPSA) is 420 Å². The fraction of sp³-hybridized carbons (Fsp3) is 0.544. The fourth-order valence-electron chi connectivity index (χ4n) is 10.5. The van der Waals surface area contributed by atoms with Gasteiger partial charge in [0.25, 0.3) is 0 Å². The van der Waals surface area contributed by atoms with Crippen LogP contribution in [0.25, 0.3) is 10.9 Å². The average Bonchev–Trinajstić information content (AvgIpc) is 4.41. The molecular weight excluding hydrogens is 1150 g/mol. The zero-order chi connectivity index (χ0) is 62.9. The molecule has 0 spiro atoms. The second-order valence-electron chi connectivity index (χ2n) is 21.3. The summed E-state index contributed by atoms with van der Waals surface area (Å²) in [6.07, 6.45) is 4.03. The van der Waals surface area contributed by atoms with Gasteiger partial charge in [-0.3, -0.25) is 58.1 Å². The molecule has 0 unspecified atom stereocenters. The first-order valence-corrected chi connectivity index (χ1v) is 30.2. The van der Waals surface area contributed by atoms with Gasteiger partial charge in [0, 0.05) is 75.7 Å². The lowest BCUT2D eigenvalue weighted by Crippen LogP contribution is -2.61. The van der Waals surface area contributed by atoms with Gasteiger partial charge in [0.1, 0.15) is 54.4 Å². The predicted molar refractivity (Wildman–Crippen MR) is 328 cm³/mol. The number of nitrogens with one attached hydrogen (secondary N) is 11. The number of carbonyl (C=O) groups excluding carboxylic acids is 11. The highest BCUT2D eigenvalue weighted by Gasteiger charge is 2.44. The molecule has 11 amide bonds. The lowest BCUT2D eigenvalue weighted by atomic mass is 10.0. The molecule has 29 heteroatoms. The maximum atomic E-state index is 14.9. The number of primary amides is 1. The number of amides is 11. The van der Waals surface area contributed by atoms with E-state index < -0.39 is 113 Å². The summed E-state index contributed by atoms with van der Waals surface area (Å²) in [5.74, 6) is -7.85. The molecule has 3 heterocycles. The molecule has 2 aromatic carbocycles. The van der Waals surface area contributed by atoms with Gasteiger partial charge >= 0.3 is 0 Å². The Labute approximate surface area is 510 Å². The van der Waals surface area contributed by atoms with E-state index in [1.807, 2.05) is 18.2 Å². The molecule has 2 fully saturated rings. The summed E-state index contributed by atoms with van der Waals surface area (Å²) in [7, 11) is 1.47. The van der Waals surface area contributed by atoms with Gasteiger partial charge < -0.3 is 79.8 Å². The number of aromatic nitrogens is 1. The van der Waals surface area contributed by atoms with Crippen LogP contribution in [0, 0.1) is 5.41 Å². The molecule has 0 saturated carbocycles. The second kappa shape index (κ2) is 34.9. The van der Waals surface area contributed by atoms with Gasteiger partial charge in [0.2, 0.25) is 65.0 Å². The van der Waals surface area contributed by atoms with Gasteiger partial charge in [0.15, 0.2) is 5.96 Å². The van der Waals surface area contributed by atoms with Crippen LogP contribution in [0.4, 0.5) is 0 Å². The number of carbonyl (C=O) groups is 11. The number of likely N-dealkylation sites (tertiary alicyclic amines) is 2. The SMILES string of the molecule is CNC(=O)[C@H](CCCCN)NC(=O)[C@@H]1CCCN1C(=O)[C@@H]1CCCN1C(=O)[C@H](CS)NC(=O)[C@H](Cc1c[nH]c2ccccc12)NC(=O)[C@H](CCCNC(=N)N)NC(=O)[C@@H](Cc1ccccc1)NC(=O)[C@H](CCC(N)=O)NC(=O)[C@H](CCS)NC(C)=O. The number of benzene rings is 2. The monoisotopic (exact) mass is 1230 g/mol. The van der Waals surface area contributed by atoms with Crippen molar-refractivity contribution in [2.24, 2.45) is 17.2 Å². The maximum absolute atomic E-state index is 14.9. The summed E-state index contributed by atoms with van der Waals surface area (Å²) < 4.78 is 0. The molecule has 27 nitrogen and oxygen atoms in total. The molecule has 17 N–H and O–H groups in total. The normalized spacial score (nSPS) is 17.1. The Morgan fingerprint density at radius 1 is 0.628 bits per heavy atom. The van der Waals surface area contributed by atoms with E-state index in [0.29, 0.717) is 56.2 Å². The standard InChI is InChI=1S/C57H84N16O11S2/c1-33(74)65-41(23-28-85)51(79)67-40(21-22-47(59)75)50(78)69-42(29-34-13-4-3-5-14-34)52(80)66-39(18-10-25-63-57(60)61)49(77)70-43(30-35-31-64-37-16-7-6-15-36(35)37)53(81)71-44(32-86)55(83)73-27-12-20-46(73)56(84)72-26-11-19-45(72)54(82)68-38(48(76)62-2)17-8-9-24-58/h3-7,13-16,31,38-46,64,85-86H,8-12,17-30,32,58H2,1-2H3,(H2,59,75)(H,62,76)(H,65,74)(H,66,80)(H,67,79)(H,68,82)(H,69,78)(H,70,77)(H,71,81)(H4,60,61,63)/t38-,39-,40-,41-,42+,43-,44-,45-,46-/m0/s1. The zero-order valence-corrected chi connectivity index (χ0v) is 50.4. The third-order valence-electron chi connectivity index (χ3n) is 15.0. The van der Waals surface area contributed by atoms with Crippen molar-refractivity contribution in [3.05, 3.63) is 71.9 Å². The maximum Gasteiger partial charge on any atom is 0.246 e. The molecule has 9 atom stereocenters. The number of likely N-dealkylation sites (N-methyl/N-ethyl adjacent to an activating group) is 1. The molecule has 0 aliphatic carbocycles. The van der Waals surface area contributed by atoms with Crippen molar-refractivity contribution >= 4 is 107 Å². The van der Waals surface area contributed by atoms with E-state index in [-0.39, 0.29) is 94.4 Å². The van der Waals surface area contributed by atoms with Crippen LogP contribution in [0.1, 0.15) is 95.1 Å². The number of fused-ring (bicyclic) bond motifs is 1. The number of thiol groups is 2. The molecule has 0 bridgehead atoms. The van der Waals surface area contributed by atoms with Crippen molar-refractivity contribution in [3.8, 4) is 0 Å². The van der Waals surface area contributed by atoms with Crippen LogP contribution in [0.5, 0.6) is 0 Å². The van der Waals surface area contributed by atoms with Gasteiger partial charge in [0.05, 0.1) is 0 Å². The van der Waals surface area contributed by atoms with Gasteiger partial charge in [-0.25, -0.2) is 0 Å². The van der Waals surface area contributed by atoms with Crippen molar-refractivity contribution in [2.45, 2.75) is 151 Å². The lowest BCUT2D eigenvalue weighted by Gasteiger charge is -2.33. The highest BCUT2D eigenvalue weighted by molar-refractivity contribution is 7.80. The Bertz CT molecular complexity index is 2860. The Morgan fingerprint density at radius 3 is 1.78 bits per heavy atom. The second-order valence-corrected chi connectivity index (χ2v) is 22.1. The van der Waals surface area contributed by atoms with Crippen LogP contribution < -0.4 is 65.1 Å². The van der Waals surface area contributed by atoms with E-state index in [0.717, 1.165) is 10.9 Å². The molecule has 86 heavy (non-hydrogen) atoms. The van der Waals surface area contributed by atoms with Gasteiger partial charge in [-0.15, -0.1) is 0 Å². The molecule has 2 saturated heterocycles. The third kappa shape index (κ3) is 20.7. The number of hydrogen-bond donors (Lipinski definition) is 16. The summed E-state index contributed by atoms with van der Waals surface area (Å²) in [6.45, 7) is 2.11. The van der Waals surface area contributed by atoms with Crippen LogP contribution in [-0.2, 0) is 65.6 Å². The lowest BCUT2D eigenvalue weighted by molar-refractivity contribution is -0.148. The van der Waals surface area contributed by atoms with Crippen molar-refractivity contribution in [3.63, 3.8) is 0 Å². The summed E-state index contributed by atoms with van der Waals surface area (Å²) >= 11 is 8.66. The highest BCUT2D eigenvalue weighted by atomic mass is 32.1. The van der Waals surface area contributed by atoms with E-state index in [2.05, 4.69) is 78.1 Å². The number of hydrogen-bond acceptors (Lipinski definition) is 15. The first-order chi connectivity index (χ1) is 41.2. The van der Waals surface area contributed by atoms with E-state index in [1.165, 1.54) is 23.8 Å². The first kappa shape index (κ1) is 68.9. The average molecular weight is 1230 g/mol. The van der Waals surface area contributed by atoms with Crippen molar-refractivity contribution in [2.75, 3.05) is 44.7 Å². The molecule has 5 rings (SSSR count). The van der Waals surface area contributed by atoms with E-state index in [4.69, 9.17) is 22.6 Å². The van der Waals surface area contributed by atoms with Crippen LogP contribution in [0.2, 0.25) is 0 Å². The van der Waals surface area contributed by atoms with Crippen molar-refractivity contribution in [1.82, 2.24) is 62.6 Å². The van der Waals surface area contributed by atoms with Gasteiger partial charge in [-0.1, -0.05) is 48.5 Å². The molecule has 3 aromatic rings. The minimum atomic E-state index is -1.44. The number of nitrogens with two attached hydrogens (primary N) is 3. The fourth-order valence-corrected chi connectivity index (χ4v) is 11.0.